The molecule has 1 aromatic rings. The average Bonchev–Trinajstić information content (AvgIpc) is 2.94. The van der Waals surface area contributed by atoms with Gasteiger partial charge in [0.1, 0.15) is 17.0 Å². The van der Waals surface area contributed by atoms with E-state index >= 15 is 0 Å². The standard InChI is InChI=1S/C15H20FN3O3/c1-14(2,3)22-13(20)19-7-10-8-21-18-15(10,9-19)12-5-4-11(16)6-17-12/h4-6,10,18H,7-9H2,1-3H3. The minimum atomic E-state index is -0.607. The molecule has 0 bridgehead atoms. The highest BCUT2D eigenvalue weighted by molar-refractivity contribution is 5.69. The Kier molecular flexibility index (Phi) is 3.57. The van der Waals surface area contributed by atoms with Crippen LogP contribution in [-0.4, -0.2) is 41.3 Å². The van der Waals surface area contributed by atoms with Crippen LogP contribution in [0.4, 0.5) is 9.18 Å². The van der Waals surface area contributed by atoms with Crippen molar-refractivity contribution >= 4 is 6.09 Å². The number of halogens is 1. The first-order chi connectivity index (χ1) is 10.3. The second-order valence-electron chi connectivity index (χ2n) is 6.80. The molecule has 2 aliphatic rings. The van der Waals surface area contributed by atoms with Crippen LogP contribution in [0.15, 0.2) is 18.3 Å². The SMILES string of the molecule is CC(C)(C)OC(=O)N1CC2CONC2(c2ccc(F)cn2)C1. The van der Waals surface area contributed by atoms with Crippen molar-refractivity contribution in [2.75, 3.05) is 19.7 Å². The van der Waals surface area contributed by atoms with E-state index in [1.165, 1.54) is 12.3 Å². The van der Waals surface area contributed by atoms with Crippen LogP contribution in [0.2, 0.25) is 0 Å². The number of pyridine rings is 1. The van der Waals surface area contributed by atoms with E-state index < -0.39 is 17.0 Å². The Morgan fingerprint density at radius 1 is 1.55 bits per heavy atom. The molecule has 2 fully saturated rings. The molecule has 22 heavy (non-hydrogen) atoms. The van der Waals surface area contributed by atoms with E-state index in [-0.39, 0.29) is 12.0 Å². The van der Waals surface area contributed by atoms with Gasteiger partial charge in [-0.15, -0.1) is 0 Å². The summed E-state index contributed by atoms with van der Waals surface area (Å²) in [5.41, 5.74) is 2.50. The van der Waals surface area contributed by atoms with E-state index in [4.69, 9.17) is 9.57 Å². The number of rotatable bonds is 1. The molecular formula is C15H20FN3O3. The summed E-state index contributed by atoms with van der Waals surface area (Å²) < 4.78 is 18.5. The first-order valence-electron chi connectivity index (χ1n) is 7.29. The number of fused-ring (bicyclic) bond motifs is 1. The third-order valence-corrected chi connectivity index (χ3v) is 3.95. The Morgan fingerprint density at radius 3 is 2.95 bits per heavy atom. The molecule has 6 nitrogen and oxygen atoms in total. The normalized spacial score (nSPS) is 27.8. The van der Waals surface area contributed by atoms with Gasteiger partial charge in [-0.25, -0.2) is 9.18 Å². The van der Waals surface area contributed by atoms with E-state index in [2.05, 4.69) is 10.5 Å². The maximum Gasteiger partial charge on any atom is 0.410 e. The summed E-state index contributed by atoms with van der Waals surface area (Å²) in [6, 6.07) is 2.99. The lowest BCUT2D eigenvalue weighted by Gasteiger charge is -2.28. The summed E-state index contributed by atoms with van der Waals surface area (Å²) in [4.78, 5) is 23.5. The third-order valence-electron chi connectivity index (χ3n) is 3.95. The first-order valence-corrected chi connectivity index (χ1v) is 7.29. The van der Waals surface area contributed by atoms with Crippen LogP contribution in [-0.2, 0) is 15.1 Å². The Bertz CT molecular complexity index is 572. The van der Waals surface area contributed by atoms with Crippen LogP contribution in [0, 0.1) is 11.7 Å². The van der Waals surface area contributed by atoms with Gasteiger partial charge in [0, 0.05) is 12.5 Å². The number of ether oxygens (including phenoxy) is 1. The molecular weight excluding hydrogens is 289 g/mol. The maximum absolute atomic E-state index is 13.1. The van der Waals surface area contributed by atoms with Gasteiger partial charge >= 0.3 is 6.09 Å². The zero-order valence-electron chi connectivity index (χ0n) is 12.9. The number of likely N-dealkylation sites (tertiary alicyclic amines) is 1. The summed E-state index contributed by atoms with van der Waals surface area (Å²) in [5, 5.41) is 0. The van der Waals surface area contributed by atoms with Crippen LogP contribution in [0.1, 0.15) is 26.5 Å². The van der Waals surface area contributed by atoms with Crippen LogP contribution >= 0.6 is 0 Å². The lowest BCUT2D eigenvalue weighted by molar-refractivity contribution is 0.0148. The van der Waals surface area contributed by atoms with Crippen molar-refractivity contribution in [2.24, 2.45) is 5.92 Å². The highest BCUT2D eigenvalue weighted by atomic mass is 19.1. The van der Waals surface area contributed by atoms with Gasteiger partial charge < -0.3 is 14.5 Å². The quantitative estimate of drug-likeness (QED) is 0.857. The number of hydroxylamine groups is 1. The molecule has 0 aromatic carbocycles. The van der Waals surface area contributed by atoms with E-state index in [1.54, 1.807) is 11.0 Å². The van der Waals surface area contributed by atoms with Crippen molar-refractivity contribution in [1.82, 2.24) is 15.4 Å². The van der Waals surface area contributed by atoms with Crippen LogP contribution < -0.4 is 5.48 Å². The molecule has 1 N–H and O–H groups in total. The second-order valence-corrected chi connectivity index (χ2v) is 6.80. The van der Waals surface area contributed by atoms with Gasteiger partial charge in [-0.1, -0.05) is 0 Å². The Hall–Kier alpha value is -1.73. The highest BCUT2D eigenvalue weighted by Gasteiger charge is 2.54. The molecule has 1 amide bonds. The molecule has 0 spiro atoms. The fourth-order valence-corrected chi connectivity index (χ4v) is 2.95. The topological polar surface area (TPSA) is 63.7 Å². The molecule has 2 saturated heterocycles. The number of aromatic nitrogens is 1. The maximum atomic E-state index is 13.1. The molecule has 120 valence electrons. The zero-order chi connectivity index (χ0) is 16.0. The highest BCUT2D eigenvalue weighted by Crippen LogP contribution is 2.40. The molecule has 3 rings (SSSR count). The van der Waals surface area contributed by atoms with Crippen LogP contribution in [0.25, 0.3) is 0 Å². The lowest BCUT2D eigenvalue weighted by Crippen LogP contribution is -2.45. The molecule has 0 radical (unpaired) electrons. The number of amides is 1. The largest absolute Gasteiger partial charge is 0.444 e. The molecule has 0 saturated carbocycles. The number of hydrogen-bond acceptors (Lipinski definition) is 5. The molecule has 3 heterocycles. The van der Waals surface area contributed by atoms with Crippen LogP contribution in [0.5, 0.6) is 0 Å². The van der Waals surface area contributed by atoms with Gasteiger partial charge in [0.25, 0.3) is 0 Å². The van der Waals surface area contributed by atoms with Gasteiger partial charge in [-0.05, 0) is 32.9 Å². The number of nitrogens with zero attached hydrogens (tertiary/aromatic N) is 2. The lowest BCUT2D eigenvalue weighted by atomic mass is 9.86. The third kappa shape index (κ3) is 2.66. The Balaban J connectivity index is 1.82. The fourth-order valence-electron chi connectivity index (χ4n) is 2.95. The van der Waals surface area contributed by atoms with E-state index in [0.717, 1.165) is 0 Å². The van der Waals surface area contributed by atoms with E-state index in [9.17, 15) is 9.18 Å². The summed E-state index contributed by atoms with van der Waals surface area (Å²) >= 11 is 0. The number of carbonyl (C=O) groups is 1. The number of hydrogen-bond donors (Lipinski definition) is 1. The summed E-state index contributed by atoms with van der Waals surface area (Å²) in [6.45, 7) is 6.87. The van der Waals surface area contributed by atoms with Gasteiger partial charge in [-0.3, -0.25) is 4.98 Å². The number of carbonyl (C=O) groups excluding carboxylic acids is 1. The molecule has 2 atom stereocenters. The molecule has 7 heteroatoms. The van der Waals surface area contributed by atoms with E-state index in [0.29, 0.717) is 25.4 Å². The van der Waals surface area contributed by atoms with Crippen LogP contribution in [0.3, 0.4) is 0 Å². The minimum Gasteiger partial charge on any atom is -0.444 e. The summed E-state index contributed by atoms with van der Waals surface area (Å²) in [7, 11) is 0. The molecule has 2 unspecified atom stereocenters. The first kappa shape index (κ1) is 15.2. The predicted octanol–water partition coefficient (Wildman–Crippen LogP) is 1.82. The predicted molar refractivity (Wildman–Crippen MR) is 76.3 cm³/mol. The van der Waals surface area contributed by atoms with Crippen molar-refractivity contribution in [3.05, 3.63) is 29.8 Å². The zero-order valence-corrected chi connectivity index (χ0v) is 12.9. The Labute approximate surface area is 128 Å². The number of nitrogens with one attached hydrogen (secondary N) is 1. The van der Waals surface area contributed by atoms with Crippen molar-refractivity contribution in [1.29, 1.82) is 0 Å². The Morgan fingerprint density at radius 2 is 2.32 bits per heavy atom. The van der Waals surface area contributed by atoms with Gasteiger partial charge in [0.15, 0.2) is 0 Å². The van der Waals surface area contributed by atoms with Crippen molar-refractivity contribution in [3.8, 4) is 0 Å². The van der Waals surface area contributed by atoms with Crippen molar-refractivity contribution in [2.45, 2.75) is 31.9 Å². The second kappa shape index (κ2) is 5.17. The van der Waals surface area contributed by atoms with Gasteiger partial charge in [0.2, 0.25) is 0 Å². The van der Waals surface area contributed by atoms with Gasteiger partial charge in [-0.2, -0.15) is 5.48 Å². The summed E-state index contributed by atoms with van der Waals surface area (Å²) in [5.74, 6) is -0.337. The molecule has 2 aliphatic heterocycles. The summed E-state index contributed by atoms with van der Waals surface area (Å²) in [6.07, 6.45) is 0.822. The fraction of sp³-hybridized carbons (Fsp3) is 0.600. The van der Waals surface area contributed by atoms with Gasteiger partial charge in [0.05, 0.1) is 25.0 Å². The average molecular weight is 309 g/mol. The van der Waals surface area contributed by atoms with E-state index in [1.807, 2.05) is 20.8 Å². The van der Waals surface area contributed by atoms with Crippen molar-refractivity contribution in [3.63, 3.8) is 0 Å². The smallest absolute Gasteiger partial charge is 0.410 e. The molecule has 1 aromatic heterocycles. The molecule has 0 aliphatic carbocycles. The minimum absolute atomic E-state index is 0.0537. The van der Waals surface area contributed by atoms with Crippen molar-refractivity contribution < 1.29 is 18.8 Å². The monoisotopic (exact) mass is 309 g/mol.